The molecule has 0 saturated heterocycles. The molecule has 147 heavy (non-hydrogen) atoms. The number of aromatic hydroxyl groups is 28. The van der Waals surface area contributed by atoms with Crippen molar-refractivity contribution in [3.05, 3.63) is 287 Å². The Kier molecular flexibility index (Phi) is 22.3. The number of benzene rings is 14. The van der Waals surface area contributed by atoms with Gasteiger partial charge in [0, 0.05) is 127 Å². The summed E-state index contributed by atoms with van der Waals surface area (Å²) in [5, 5.41) is 426. The minimum absolute atomic E-state index is 0.0307. The molecule has 7 heterocycles. The lowest BCUT2D eigenvalue weighted by molar-refractivity contribution is -0.0116. The molecule has 0 spiro atoms. The maximum Gasteiger partial charge on any atom is 0.157 e. The van der Waals surface area contributed by atoms with Crippen LogP contribution >= 0.6 is 0 Å². The van der Waals surface area contributed by atoms with Gasteiger partial charge in [0.25, 0.3) is 0 Å². The van der Waals surface area contributed by atoms with E-state index in [2.05, 4.69) is 0 Å². The number of hydrogen-bond acceptors (Lipinski definition) is 42. The quantitative estimate of drug-likeness (QED) is 0.0477. The van der Waals surface area contributed by atoms with Crippen molar-refractivity contribution in [3.8, 4) is 201 Å². The predicted octanol–water partition coefficient (Wildman–Crippen LogP) is 10.2. The Balaban J connectivity index is 0.811. The van der Waals surface area contributed by atoms with Gasteiger partial charge in [-0.05, 0) is 124 Å². The van der Waals surface area contributed by atoms with Gasteiger partial charge in [0.2, 0.25) is 0 Å². The summed E-state index contributed by atoms with van der Waals surface area (Å²) in [6.45, 7) is 0. The highest BCUT2D eigenvalue weighted by Crippen LogP contribution is 2.71. The third-order valence-corrected chi connectivity index (χ3v) is 28.5. The molecule has 6 unspecified atom stereocenters. The maximum absolute atomic E-state index is 13.9. The van der Waals surface area contributed by atoms with Gasteiger partial charge in [-0.15, -0.1) is 0 Å². The van der Waals surface area contributed by atoms with E-state index in [-0.39, 0.29) is 38.9 Å². The zero-order valence-corrected chi connectivity index (χ0v) is 75.0. The number of rotatable bonds is 13. The van der Waals surface area contributed by atoms with Gasteiger partial charge in [-0.3, -0.25) is 0 Å². The molecule has 758 valence electrons. The molecule has 0 saturated carbocycles. The summed E-state index contributed by atoms with van der Waals surface area (Å²) in [7, 11) is 0. The van der Waals surface area contributed by atoms with E-state index in [1.165, 1.54) is 12.1 Å². The second-order valence-corrected chi connectivity index (χ2v) is 37.0. The first kappa shape index (κ1) is 95.0. The molecule has 7 aliphatic heterocycles. The summed E-state index contributed by atoms with van der Waals surface area (Å²) in [4.78, 5) is 0. The normalized spacial score (nSPS) is 24.5. The van der Waals surface area contributed by atoms with Crippen molar-refractivity contribution < 1.29 is 212 Å². The predicted molar refractivity (Wildman–Crippen MR) is 497 cm³/mol. The standard InChI is InChI=1S/C105H86O42/c106-38-22-55(122)69-68(23-38)141-94(32-2-9-41(108)49(116)16-32)87(135)81(69)71-57(124)26-59(126)73-83(89(137)96(143-101(71)73)34-4-11-43(110)51(118)18-34)75-61(128)28-63(130)77-85(91(139)98(145-103(75)77)36-6-13-45(112)53(120)20-36)79-65(132)30-66(133)80-86(92(140)99(147-105(79)80)37-7-14-46(113)54(121)21-37)78-64(131)29-62(129)76-84(90(138)97(146-104(76)78)35-5-12-44(111)52(119)19-35)74-60(127)27-58(125)72-82(88(136)95(144-102(72)74)33-3-10-42(109)50(117)17-33)70-56(123)25-47(114)39-24-67(134)93(142-100(39)70)31-1-8-40(107)48(115)15-31/h1-23,25-30,67,81-99,106-140H,24H2/t67-,81?,82?,83?,84?,85?,86?,87-,88-,89-,90-,91-,92-,93+,94+,95+,96+,97+,98+,99+/m0/s1. The maximum atomic E-state index is 13.9. The second-order valence-electron chi connectivity index (χ2n) is 37.0. The molecule has 0 amide bonds. The first-order valence-corrected chi connectivity index (χ1v) is 45.0. The molecule has 35 N–H and O–H groups in total. The second kappa shape index (κ2) is 34.6. The number of phenols is 28. The molecule has 7 aliphatic rings. The fourth-order valence-electron chi connectivity index (χ4n) is 21.9. The molecule has 0 radical (unpaired) electrons. The average Bonchev–Trinajstić information content (AvgIpc) is 0.699. The Bertz CT molecular complexity index is 7850. The largest absolute Gasteiger partial charge is 0.508 e. The average molecular weight is 2020 g/mol. The lowest BCUT2D eigenvalue weighted by atomic mass is 9.70. The van der Waals surface area contributed by atoms with E-state index in [9.17, 15) is 179 Å². The van der Waals surface area contributed by atoms with Crippen LogP contribution in [0.25, 0.3) is 0 Å². The van der Waals surface area contributed by atoms with Gasteiger partial charge in [0.05, 0.1) is 41.6 Å². The summed E-state index contributed by atoms with van der Waals surface area (Å²) >= 11 is 0. The smallest absolute Gasteiger partial charge is 0.157 e. The van der Waals surface area contributed by atoms with Crippen LogP contribution < -0.4 is 33.2 Å². The van der Waals surface area contributed by atoms with Crippen LogP contribution in [0.5, 0.6) is 201 Å². The summed E-state index contributed by atoms with van der Waals surface area (Å²) in [6.07, 6.45) is -30.7. The van der Waals surface area contributed by atoms with E-state index in [0.717, 1.165) is 133 Å². The van der Waals surface area contributed by atoms with Gasteiger partial charge >= 0.3 is 0 Å². The van der Waals surface area contributed by atoms with Gasteiger partial charge in [-0.1, -0.05) is 42.5 Å². The van der Waals surface area contributed by atoms with Gasteiger partial charge in [0.1, 0.15) is 163 Å². The number of fused-ring (bicyclic) bond motifs is 7. The molecule has 0 fully saturated rings. The molecule has 42 heteroatoms. The van der Waals surface area contributed by atoms with Gasteiger partial charge in [0.15, 0.2) is 117 Å². The van der Waals surface area contributed by atoms with E-state index >= 15 is 0 Å². The van der Waals surface area contributed by atoms with Crippen molar-refractivity contribution in [3.63, 3.8) is 0 Å². The van der Waals surface area contributed by atoms with Crippen LogP contribution in [-0.2, 0) is 6.42 Å². The van der Waals surface area contributed by atoms with Crippen LogP contribution in [0.15, 0.2) is 176 Å². The summed E-state index contributed by atoms with van der Waals surface area (Å²) < 4.78 is 47.0. The van der Waals surface area contributed by atoms with Crippen molar-refractivity contribution in [2.45, 2.75) is 127 Å². The highest BCUT2D eigenvalue weighted by molar-refractivity contribution is 5.78. The summed E-state index contributed by atoms with van der Waals surface area (Å²) in [5.74, 6) is -45.0. The minimum atomic E-state index is -2.53. The fraction of sp³-hybridized carbons (Fsp3) is 0.200. The Morgan fingerprint density at radius 2 is 0.333 bits per heavy atom. The SMILES string of the molecule is Oc1cc(O)c2c(c1)O[C@H](c1ccc(O)c(O)c1)[C@@H](O)C2c1c(O)cc(O)c2c1O[C@H](c1ccc(O)c(O)c1)[C@@H](O)C2c1c(O)cc(O)c2c1O[C@H](c1ccc(O)c(O)c1)[C@@H](O)C2c1c(O)cc(O)c2c1O[C@H](c1ccc(O)c(O)c1)[C@@H](O)C2c1c(O)cc(O)c2c1O[C@H](c1ccc(O)c(O)c1)[C@@H](O)C2c1c(O)cc(O)c2c1O[C@H](c1ccc(O)c(O)c1)[C@@H](O)C2c1c(O)cc(O)c2c1O[C@H](c1ccc(O)c(O)c1)[C@@H](O)C2. The Labute approximate surface area is 823 Å². The number of aliphatic hydroxyl groups excluding tert-OH is 7. The minimum Gasteiger partial charge on any atom is -0.508 e. The Hall–Kier alpha value is -18.2. The summed E-state index contributed by atoms with van der Waals surface area (Å²) in [5.41, 5.74) is -11.3. The molecule has 0 bridgehead atoms. The van der Waals surface area contributed by atoms with Crippen LogP contribution in [0.3, 0.4) is 0 Å². The lowest BCUT2D eigenvalue weighted by Crippen LogP contribution is -2.40. The highest BCUT2D eigenvalue weighted by Gasteiger charge is 2.59. The lowest BCUT2D eigenvalue weighted by Gasteiger charge is -2.45. The third kappa shape index (κ3) is 14.9. The van der Waals surface area contributed by atoms with Crippen molar-refractivity contribution >= 4 is 0 Å². The Morgan fingerprint density at radius 3 is 0.551 bits per heavy atom. The molecule has 20 atom stereocenters. The molecule has 0 aromatic heterocycles. The number of ether oxygens (including phenoxy) is 7. The van der Waals surface area contributed by atoms with Gasteiger partial charge < -0.3 is 212 Å². The van der Waals surface area contributed by atoms with E-state index in [0.29, 0.717) is 30.3 Å². The molecule has 14 aromatic rings. The number of aliphatic hydroxyl groups is 7. The fourth-order valence-corrected chi connectivity index (χ4v) is 21.9. The number of hydrogen-bond donors (Lipinski definition) is 35. The first-order chi connectivity index (χ1) is 69.9. The first-order valence-electron chi connectivity index (χ1n) is 45.0. The zero-order valence-electron chi connectivity index (χ0n) is 75.0. The van der Waals surface area contributed by atoms with Crippen LogP contribution in [0.1, 0.15) is 190 Å². The van der Waals surface area contributed by atoms with Crippen LogP contribution in [0, 0.1) is 0 Å². The molecule has 42 nitrogen and oxygen atoms in total. The van der Waals surface area contributed by atoms with Crippen molar-refractivity contribution in [1.82, 2.24) is 0 Å². The van der Waals surface area contributed by atoms with E-state index in [1.807, 2.05) is 0 Å². The van der Waals surface area contributed by atoms with Crippen molar-refractivity contribution in [2.24, 2.45) is 0 Å². The number of phenolic OH excluding ortho intramolecular Hbond substituents is 28. The molecule has 0 aliphatic carbocycles. The molecular weight excluding hydrogens is 1930 g/mol. The molecular formula is C105H86O42. The highest BCUT2D eigenvalue weighted by atomic mass is 16.5. The van der Waals surface area contributed by atoms with E-state index in [1.54, 1.807) is 0 Å². The Morgan fingerprint density at radius 1 is 0.156 bits per heavy atom. The van der Waals surface area contributed by atoms with Crippen LogP contribution in [0.2, 0.25) is 0 Å². The van der Waals surface area contributed by atoms with E-state index in [4.69, 9.17) is 33.2 Å². The topological polar surface area (TPSA) is 773 Å². The molecule has 21 rings (SSSR count). The summed E-state index contributed by atoms with van der Waals surface area (Å²) in [6, 6.07) is 26.4. The van der Waals surface area contributed by atoms with Gasteiger partial charge in [-0.2, -0.15) is 0 Å². The van der Waals surface area contributed by atoms with Crippen LogP contribution in [-0.4, -0.2) is 221 Å². The zero-order chi connectivity index (χ0) is 104. The van der Waals surface area contributed by atoms with Crippen LogP contribution in [0.4, 0.5) is 0 Å². The van der Waals surface area contributed by atoms with E-state index < -0.39 is 401 Å². The third-order valence-electron chi connectivity index (χ3n) is 28.5. The molecule has 14 aromatic carbocycles. The monoisotopic (exact) mass is 2020 g/mol. The van der Waals surface area contributed by atoms with Gasteiger partial charge in [-0.25, -0.2) is 0 Å². The van der Waals surface area contributed by atoms with Crippen molar-refractivity contribution in [1.29, 1.82) is 0 Å². The van der Waals surface area contributed by atoms with Crippen molar-refractivity contribution in [2.75, 3.05) is 0 Å².